The van der Waals surface area contributed by atoms with Crippen LogP contribution in [0.5, 0.6) is 17.2 Å². The van der Waals surface area contributed by atoms with Gasteiger partial charge >= 0.3 is 6.09 Å². The van der Waals surface area contributed by atoms with E-state index in [1.807, 2.05) is 32.0 Å². The van der Waals surface area contributed by atoms with E-state index >= 15 is 4.39 Å². The fourth-order valence-electron chi connectivity index (χ4n) is 5.15. The zero-order valence-electron chi connectivity index (χ0n) is 25.8. The number of anilines is 5. The van der Waals surface area contributed by atoms with Crippen LogP contribution in [0.3, 0.4) is 0 Å². The number of benzene rings is 3. The quantitative estimate of drug-likeness (QED) is 0.244. The van der Waals surface area contributed by atoms with Crippen LogP contribution >= 0.6 is 0 Å². The van der Waals surface area contributed by atoms with Crippen molar-refractivity contribution in [2.24, 2.45) is 0 Å². The molecule has 1 unspecified atom stereocenters. The highest BCUT2D eigenvalue weighted by atomic mass is 19.1. The molecule has 5 rings (SSSR count). The fraction of sp³-hybridized carbons (Fsp3) is 0.303. The zero-order chi connectivity index (χ0) is 31.4. The van der Waals surface area contributed by atoms with Crippen LogP contribution in [0.1, 0.15) is 18.1 Å². The van der Waals surface area contributed by atoms with Crippen LogP contribution in [-0.4, -0.2) is 67.9 Å². The summed E-state index contributed by atoms with van der Waals surface area (Å²) in [6.45, 7) is 8.23. The topological polar surface area (TPSA) is 92.3 Å². The average molecular weight is 601 g/mol. The molecule has 4 aromatic rings. The van der Waals surface area contributed by atoms with Crippen molar-refractivity contribution in [2.45, 2.75) is 26.8 Å². The average Bonchev–Trinajstić information content (AvgIpc) is 3.01. The van der Waals surface area contributed by atoms with Crippen LogP contribution in [0.15, 0.2) is 66.9 Å². The Hall–Kier alpha value is -4.90. The first-order valence-electron chi connectivity index (χ1n) is 14.3. The molecule has 1 aliphatic heterocycles. The monoisotopic (exact) mass is 600 g/mol. The summed E-state index contributed by atoms with van der Waals surface area (Å²) in [6.07, 6.45) is 0.809. The Morgan fingerprint density at radius 3 is 2.48 bits per heavy atom. The minimum atomic E-state index is -0.702. The smallest absolute Gasteiger partial charge is 0.425 e. The van der Waals surface area contributed by atoms with E-state index in [9.17, 15) is 4.79 Å². The number of ether oxygens (including phenoxy) is 3. The molecule has 0 radical (unpaired) electrons. The maximum atomic E-state index is 15.3. The Labute approximate surface area is 257 Å². The van der Waals surface area contributed by atoms with Crippen molar-refractivity contribution < 1.29 is 23.4 Å². The number of nitrogens with one attached hydrogen (secondary N) is 1. The molecule has 44 heavy (non-hydrogen) atoms. The summed E-state index contributed by atoms with van der Waals surface area (Å²) in [5, 5.41) is 3.07. The molecule has 10 nitrogen and oxygen atoms in total. The van der Waals surface area contributed by atoms with Gasteiger partial charge < -0.3 is 29.3 Å². The number of hydrogen-bond acceptors (Lipinski definition) is 9. The van der Waals surface area contributed by atoms with E-state index in [2.05, 4.69) is 39.1 Å². The molecule has 1 atom stereocenters. The number of methoxy groups -OCH3 is 2. The summed E-state index contributed by atoms with van der Waals surface area (Å²) >= 11 is 0. The van der Waals surface area contributed by atoms with Gasteiger partial charge in [0.1, 0.15) is 28.9 Å². The maximum absolute atomic E-state index is 15.3. The SMILES string of the molecule is COc1ccc(N(C(=O)Oc2c(C)cccc2C)c2ccnc(Nc3ccc(N4CCN(C)C(C)C4)c(F)c3)n2)c(OC)c1. The minimum absolute atomic E-state index is 0.167. The van der Waals surface area contributed by atoms with Crippen molar-refractivity contribution in [3.05, 3.63) is 83.8 Å². The lowest BCUT2D eigenvalue weighted by atomic mass is 10.1. The molecule has 3 aromatic carbocycles. The lowest BCUT2D eigenvalue weighted by molar-refractivity contribution is 0.209. The van der Waals surface area contributed by atoms with E-state index in [4.69, 9.17) is 14.2 Å². The van der Waals surface area contributed by atoms with E-state index in [1.165, 1.54) is 24.3 Å². The second-order valence-corrected chi connectivity index (χ2v) is 10.8. The normalized spacial score (nSPS) is 15.1. The van der Waals surface area contributed by atoms with Gasteiger partial charge in [-0.1, -0.05) is 18.2 Å². The van der Waals surface area contributed by atoms with E-state index in [0.717, 1.165) is 30.8 Å². The molecule has 0 spiro atoms. The molecule has 1 fully saturated rings. The van der Waals surface area contributed by atoms with Crippen molar-refractivity contribution in [3.8, 4) is 17.2 Å². The van der Waals surface area contributed by atoms with Gasteiger partial charge in [0, 0.05) is 49.7 Å². The molecule has 0 saturated carbocycles. The zero-order valence-corrected chi connectivity index (χ0v) is 25.8. The molecule has 1 N–H and O–H groups in total. The molecule has 11 heteroatoms. The van der Waals surface area contributed by atoms with E-state index < -0.39 is 6.09 Å². The first kappa shape index (κ1) is 30.6. The Bertz CT molecular complexity index is 1630. The summed E-state index contributed by atoms with van der Waals surface area (Å²) in [4.78, 5) is 28.4. The second-order valence-electron chi connectivity index (χ2n) is 10.8. The Morgan fingerprint density at radius 2 is 1.80 bits per heavy atom. The fourth-order valence-corrected chi connectivity index (χ4v) is 5.15. The molecular weight excluding hydrogens is 563 g/mol. The molecular formula is C33H37FN6O4. The number of piperazine rings is 1. The van der Waals surface area contributed by atoms with Gasteiger partial charge in [-0.25, -0.2) is 19.1 Å². The Balaban J connectivity index is 1.46. The summed E-state index contributed by atoms with van der Waals surface area (Å²) in [5.41, 5.74) is 3.02. The van der Waals surface area contributed by atoms with Crippen molar-refractivity contribution in [2.75, 3.05) is 56.0 Å². The molecule has 1 aromatic heterocycles. The Kier molecular flexibility index (Phi) is 9.15. The summed E-state index contributed by atoms with van der Waals surface area (Å²) in [6, 6.07) is 17.6. The van der Waals surface area contributed by atoms with Crippen molar-refractivity contribution in [1.29, 1.82) is 0 Å². The number of amides is 1. The van der Waals surface area contributed by atoms with Gasteiger partial charge in [0.15, 0.2) is 0 Å². The van der Waals surface area contributed by atoms with Crippen LogP contribution in [0, 0.1) is 19.7 Å². The highest BCUT2D eigenvalue weighted by Gasteiger charge is 2.27. The van der Waals surface area contributed by atoms with Gasteiger partial charge in [-0.2, -0.15) is 4.98 Å². The van der Waals surface area contributed by atoms with Gasteiger partial charge in [-0.3, -0.25) is 0 Å². The van der Waals surface area contributed by atoms with Crippen LogP contribution in [0.4, 0.5) is 38.0 Å². The molecule has 230 valence electrons. The summed E-state index contributed by atoms with van der Waals surface area (Å²) < 4.78 is 32.2. The highest BCUT2D eigenvalue weighted by molar-refractivity contribution is 5.98. The van der Waals surface area contributed by atoms with Gasteiger partial charge in [0.2, 0.25) is 5.95 Å². The van der Waals surface area contributed by atoms with Gasteiger partial charge in [-0.15, -0.1) is 0 Å². The molecule has 0 bridgehead atoms. The van der Waals surface area contributed by atoms with Crippen LogP contribution in [0.2, 0.25) is 0 Å². The van der Waals surface area contributed by atoms with Crippen LogP contribution in [-0.2, 0) is 0 Å². The first-order chi connectivity index (χ1) is 21.2. The third-order valence-electron chi connectivity index (χ3n) is 7.78. The molecule has 0 aliphatic carbocycles. The number of carbonyl (C=O) groups is 1. The maximum Gasteiger partial charge on any atom is 0.425 e. The number of para-hydroxylation sites is 1. The second kappa shape index (κ2) is 13.2. The standard InChI is InChI=1S/C33H37FN6O4/c1-21-8-7-9-22(2)31(21)44-33(41)40(28-13-11-25(42-5)19-29(28)43-6)30-14-15-35-32(37-30)36-24-10-12-27(26(34)18-24)39-17-16-38(4)23(3)20-39/h7-15,18-19,23H,16-17,20H2,1-6H3,(H,35,36,37). The minimum Gasteiger partial charge on any atom is -0.497 e. The largest absolute Gasteiger partial charge is 0.497 e. The Morgan fingerprint density at radius 1 is 1.02 bits per heavy atom. The van der Waals surface area contributed by atoms with Gasteiger partial charge in [-0.05, 0) is 69.3 Å². The predicted octanol–water partition coefficient (Wildman–Crippen LogP) is 6.47. The number of aryl methyl sites for hydroxylation is 2. The van der Waals surface area contributed by atoms with Crippen LogP contribution < -0.4 is 29.3 Å². The number of nitrogens with zero attached hydrogens (tertiary/aromatic N) is 5. The van der Waals surface area contributed by atoms with E-state index in [1.54, 1.807) is 43.5 Å². The number of hydrogen-bond donors (Lipinski definition) is 1. The van der Waals surface area contributed by atoms with Crippen molar-refractivity contribution in [3.63, 3.8) is 0 Å². The molecule has 2 heterocycles. The number of halogens is 1. The number of likely N-dealkylation sites (N-methyl/N-ethyl adjacent to an activating group) is 1. The third-order valence-corrected chi connectivity index (χ3v) is 7.78. The van der Waals surface area contributed by atoms with E-state index in [-0.39, 0.29) is 17.6 Å². The third kappa shape index (κ3) is 6.52. The molecule has 1 saturated heterocycles. The van der Waals surface area contributed by atoms with Gasteiger partial charge in [0.25, 0.3) is 0 Å². The lowest BCUT2D eigenvalue weighted by Gasteiger charge is -2.39. The number of rotatable bonds is 8. The summed E-state index contributed by atoms with van der Waals surface area (Å²) in [5.74, 6) is 1.41. The summed E-state index contributed by atoms with van der Waals surface area (Å²) in [7, 11) is 5.13. The molecule has 1 amide bonds. The van der Waals surface area contributed by atoms with E-state index in [0.29, 0.717) is 40.4 Å². The lowest BCUT2D eigenvalue weighted by Crippen LogP contribution is -2.50. The number of carbonyl (C=O) groups excluding carboxylic acids is 1. The number of aromatic nitrogens is 2. The van der Waals surface area contributed by atoms with Crippen LogP contribution in [0.25, 0.3) is 0 Å². The van der Waals surface area contributed by atoms with Gasteiger partial charge in [0.05, 0.1) is 25.6 Å². The highest BCUT2D eigenvalue weighted by Crippen LogP contribution is 2.37. The first-order valence-corrected chi connectivity index (χ1v) is 14.3. The molecule has 1 aliphatic rings. The van der Waals surface area contributed by atoms with Crippen molar-refractivity contribution in [1.82, 2.24) is 14.9 Å². The van der Waals surface area contributed by atoms with Crippen molar-refractivity contribution >= 4 is 34.9 Å². The predicted molar refractivity (Wildman–Crippen MR) is 170 cm³/mol.